The number of piperidine rings is 1. The number of nitrogens with zero attached hydrogens (tertiary/aromatic N) is 2. The molecule has 0 aliphatic carbocycles. The molecule has 1 N–H and O–H groups in total. The first-order chi connectivity index (χ1) is 15.5. The monoisotopic (exact) mass is 433 g/mol. The molecule has 7 nitrogen and oxygen atoms in total. The highest BCUT2D eigenvalue weighted by Crippen LogP contribution is 2.35. The zero-order valence-electron chi connectivity index (χ0n) is 18.3. The maximum atomic E-state index is 12.8. The van der Waals surface area contributed by atoms with Crippen LogP contribution in [-0.2, 0) is 11.2 Å². The average molecular weight is 434 g/mol. The topological polar surface area (TPSA) is 76.6 Å². The zero-order chi connectivity index (χ0) is 22.2. The number of H-pyrrole nitrogens is 1. The van der Waals surface area contributed by atoms with Crippen LogP contribution in [0.5, 0.6) is 11.5 Å². The van der Waals surface area contributed by atoms with Crippen molar-refractivity contribution in [3.05, 3.63) is 64.1 Å². The summed E-state index contributed by atoms with van der Waals surface area (Å²) < 4.78 is 13.2. The lowest BCUT2D eigenvalue weighted by Gasteiger charge is -2.32. The van der Waals surface area contributed by atoms with Gasteiger partial charge in [0.2, 0.25) is 5.91 Å². The molecule has 2 aromatic carbocycles. The van der Waals surface area contributed by atoms with E-state index >= 15 is 0 Å². The molecule has 1 fully saturated rings. The van der Waals surface area contributed by atoms with Crippen LogP contribution >= 0.6 is 0 Å². The molecule has 3 heterocycles. The van der Waals surface area contributed by atoms with Gasteiger partial charge in [0.05, 0.1) is 18.1 Å². The Morgan fingerprint density at radius 2 is 2.00 bits per heavy atom. The summed E-state index contributed by atoms with van der Waals surface area (Å²) >= 11 is 0. The lowest BCUT2D eigenvalue weighted by atomic mass is 10.0. The number of rotatable bonds is 4. The van der Waals surface area contributed by atoms with E-state index in [2.05, 4.69) is 4.98 Å². The van der Waals surface area contributed by atoms with Crippen LogP contribution in [0.25, 0.3) is 17.1 Å². The molecule has 1 aromatic heterocycles. The molecule has 5 rings (SSSR count). The number of hydrogen-bond donors (Lipinski definition) is 1. The highest BCUT2D eigenvalue weighted by Gasteiger charge is 2.25. The Kier molecular flexibility index (Phi) is 5.25. The summed E-state index contributed by atoms with van der Waals surface area (Å²) in [7, 11) is 1.64. The normalized spacial score (nSPS) is 18.8. The molecule has 1 saturated heterocycles. The van der Waals surface area contributed by atoms with Crippen LogP contribution in [0.15, 0.2) is 47.3 Å². The van der Waals surface area contributed by atoms with Gasteiger partial charge in [0, 0.05) is 42.8 Å². The van der Waals surface area contributed by atoms with E-state index in [-0.39, 0.29) is 23.7 Å². The van der Waals surface area contributed by atoms with E-state index in [1.807, 2.05) is 52.8 Å². The van der Waals surface area contributed by atoms with Crippen molar-refractivity contribution >= 4 is 23.0 Å². The average Bonchev–Trinajstić information content (AvgIpc) is 3.33. The lowest BCUT2D eigenvalue weighted by Crippen LogP contribution is -2.39. The van der Waals surface area contributed by atoms with E-state index in [0.717, 1.165) is 52.9 Å². The number of fused-ring (bicyclic) bond motifs is 2. The molecule has 3 aromatic rings. The summed E-state index contributed by atoms with van der Waals surface area (Å²) in [6.45, 7) is 3.27. The van der Waals surface area contributed by atoms with Crippen LogP contribution < -0.4 is 15.2 Å². The fourth-order valence-corrected chi connectivity index (χ4v) is 4.81. The number of methoxy groups -OCH3 is 1. The van der Waals surface area contributed by atoms with Crippen LogP contribution in [-0.4, -0.2) is 46.7 Å². The van der Waals surface area contributed by atoms with Gasteiger partial charge in [-0.05, 0) is 50.1 Å². The van der Waals surface area contributed by atoms with Crippen LogP contribution in [0, 0.1) is 0 Å². The molecule has 1 atom stereocenters. The minimum absolute atomic E-state index is 0.0356. The number of amides is 1. The van der Waals surface area contributed by atoms with E-state index in [4.69, 9.17) is 9.47 Å². The Labute approximate surface area is 186 Å². The first kappa shape index (κ1) is 20.4. The highest BCUT2D eigenvalue weighted by molar-refractivity contribution is 5.92. The first-order valence-electron chi connectivity index (χ1n) is 11.1. The van der Waals surface area contributed by atoms with Gasteiger partial charge < -0.3 is 19.4 Å². The molecular weight excluding hydrogens is 406 g/mol. The largest absolute Gasteiger partial charge is 0.496 e. The molecule has 0 saturated carbocycles. The standard InChI is InChI=1S/C25H27N3O4/c1-16-13-18-15-22(31-2)17(14-23(18)32-16)7-8-24(29)27-11-9-19(10-12-27)28-21-6-4-3-5-20(21)26-25(28)30/h3-8,14-16,19H,9-13H2,1-2H3,(H,26,30)/b8-7+. The molecule has 2 aliphatic rings. The molecule has 0 radical (unpaired) electrons. The Morgan fingerprint density at radius 1 is 1.22 bits per heavy atom. The molecule has 32 heavy (non-hydrogen) atoms. The third-order valence-electron chi connectivity index (χ3n) is 6.42. The SMILES string of the molecule is COc1cc2c(cc1/C=C/C(=O)N1CCC(n3c(=O)[nH]c4ccccc43)CC1)OC(C)C2. The summed E-state index contributed by atoms with van der Waals surface area (Å²) in [5.41, 5.74) is 3.64. The molecule has 7 heteroatoms. The van der Waals surface area contributed by atoms with Gasteiger partial charge in [-0.25, -0.2) is 4.79 Å². The smallest absolute Gasteiger partial charge is 0.326 e. The zero-order valence-corrected chi connectivity index (χ0v) is 18.3. The molecule has 166 valence electrons. The molecular formula is C25H27N3O4. The van der Waals surface area contributed by atoms with Gasteiger partial charge in [-0.2, -0.15) is 0 Å². The molecule has 1 unspecified atom stereocenters. The van der Waals surface area contributed by atoms with Gasteiger partial charge in [0.1, 0.15) is 17.6 Å². The van der Waals surface area contributed by atoms with E-state index < -0.39 is 0 Å². The van der Waals surface area contributed by atoms with Crippen molar-refractivity contribution in [1.29, 1.82) is 0 Å². The molecule has 0 spiro atoms. The van der Waals surface area contributed by atoms with Crippen LogP contribution in [0.3, 0.4) is 0 Å². The third-order valence-corrected chi connectivity index (χ3v) is 6.42. The molecule has 2 aliphatic heterocycles. The Balaban J connectivity index is 1.27. The van der Waals surface area contributed by atoms with E-state index in [1.54, 1.807) is 19.3 Å². The number of carbonyl (C=O) groups is 1. The second-order valence-corrected chi connectivity index (χ2v) is 8.54. The lowest BCUT2D eigenvalue weighted by molar-refractivity contribution is -0.127. The third kappa shape index (κ3) is 3.68. The Morgan fingerprint density at radius 3 is 2.78 bits per heavy atom. The summed E-state index contributed by atoms with van der Waals surface area (Å²) in [6.07, 6.45) is 5.90. The van der Waals surface area contributed by atoms with Crippen LogP contribution in [0.1, 0.15) is 36.9 Å². The number of aromatic amines is 1. The maximum Gasteiger partial charge on any atom is 0.326 e. The highest BCUT2D eigenvalue weighted by atomic mass is 16.5. The van der Waals surface area contributed by atoms with Gasteiger partial charge in [0.25, 0.3) is 0 Å². The summed E-state index contributed by atoms with van der Waals surface area (Å²) in [4.78, 5) is 30.0. The molecule has 0 bridgehead atoms. The van der Waals surface area contributed by atoms with E-state index in [9.17, 15) is 9.59 Å². The fourth-order valence-electron chi connectivity index (χ4n) is 4.81. The van der Waals surface area contributed by atoms with Crippen molar-refractivity contribution < 1.29 is 14.3 Å². The first-order valence-corrected chi connectivity index (χ1v) is 11.1. The summed E-state index contributed by atoms with van der Waals surface area (Å²) in [5.74, 6) is 1.56. The number of para-hydroxylation sites is 2. The van der Waals surface area contributed by atoms with Gasteiger partial charge >= 0.3 is 5.69 Å². The summed E-state index contributed by atoms with van der Waals surface area (Å²) in [5, 5.41) is 0. The predicted molar refractivity (Wildman–Crippen MR) is 123 cm³/mol. The number of ether oxygens (including phenoxy) is 2. The van der Waals surface area contributed by atoms with Crippen molar-refractivity contribution in [2.45, 2.75) is 38.3 Å². The number of hydrogen-bond acceptors (Lipinski definition) is 4. The second-order valence-electron chi connectivity index (χ2n) is 8.54. The van der Waals surface area contributed by atoms with Crippen molar-refractivity contribution in [2.24, 2.45) is 0 Å². The van der Waals surface area contributed by atoms with E-state index in [1.165, 1.54) is 0 Å². The summed E-state index contributed by atoms with van der Waals surface area (Å²) in [6, 6.07) is 11.7. The quantitative estimate of drug-likeness (QED) is 0.639. The Bertz CT molecular complexity index is 1250. The van der Waals surface area contributed by atoms with Crippen LogP contribution in [0.2, 0.25) is 0 Å². The van der Waals surface area contributed by atoms with Crippen molar-refractivity contribution in [1.82, 2.24) is 14.5 Å². The number of likely N-dealkylation sites (tertiary alicyclic amines) is 1. The minimum atomic E-state index is -0.0869. The minimum Gasteiger partial charge on any atom is -0.496 e. The van der Waals surface area contributed by atoms with Gasteiger partial charge in [-0.3, -0.25) is 9.36 Å². The maximum absolute atomic E-state index is 12.8. The van der Waals surface area contributed by atoms with Crippen LogP contribution in [0.4, 0.5) is 0 Å². The number of benzene rings is 2. The predicted octanol–water partition coefficient (Wildman–Crippen LogP) is 3.54. The molecule has 1 amide bonds. The van der Waals surface area contributed by atoms with Crippen molar-refractivity contribution in [3.8, 4) is 11.5 Å². The van der Waals surface area contributed by atoms with E-state index in [0.29, 0.717) is 13.1 Å². The second kappa shape index (κ2) is 8.22. The van der Waals surface area contributed by atoms with Gasteiger partial charge in [-0.15, -0.1) is 0 Å². The fraction of sp³-hybridized carbons (Fsp3) is 0.360. The van der Waals surface area contributed by atoms with Crippen molar-refractivity contribution in [3.63, 3.8) is 0 Å². The number of carbonyl (C=O) groups excluding carboxylic acids is 1. The van der Waals surface area contributed by atoms with Gasteiger partial charge in [0.15, 0.2) is 0 Å². The van der Waals surface area contributed by atoms with Crippen molar-refractivity contribution in [2.75, 3.05) is 20.2 Å². The number of nitrogens with one attached hydrogen (secondary N) is 1. The Hall–Kier alpha value is -3.48. The number of aromatic nitrogens is 2. The number of imidazole rings is 1. The van der Waals surface area contributed by atoms with Gasteiger partial charge in [-0.1, -0.05) is 12.1 Å².